The average molecular weight is 208 g/mol. The summed E-state index contributed by atoms with van der Waals surface area (Å²) in [6, 6.07) is 0. The van der Waals surface area contributed by atoms with Crippen LogP contribution in [0.1, 0.15) is 37.7 Å². The molecule has 0 atom stereocenters. The van der Waals surface area contributed by atoms with Crippen LogP contribution in [0.25, 0.3) is 0 Å². The van der Waals surface area contributed by atoms with E-state index in [2.05, 4.69) is 5.10 Å². The molecule has 1 saturated carbocycles. The van der Waals surface area contributed by atoms with E-state index in [4.69, 9.17) is 0 Å². The number of hydrogen-bond acceptors (Lipinski definition) is 2. The van der Waals surface area contributed by atoms with Gasteiger partial charge >= 0.3 is 5.97 Å². The molecule has 1 N–H and O–H groups in total. The molecule has 0 aromatic carbocycles. The molecular formula is C11H16N2O2. The van der Waals surface area contributed by atoms with Gasteiger partial charge in [0.05, 0.1) is 6.20 Å². The van der Waals surface area contributed by atoms with Gasteiger partial charge in [0.15, 0.2) is 5.54 Å². The first-order valence-electron chi connectivity index (χ1n) is 5.40. The highest BCUT2D eigenvalue weighted by atomic mass is 16.4. The summed E-state index contributed by atoms with van der Waals surface area (Å²) in [5.41, 5.74) is 0.230. The second kappa shape index (κ2) is 3.68. The van der Waals surface area contributed by atoms with Crippen molar-refractivity contribution in [3.63, 3.8) is 0 Å². The van der Waals surface area contributed by atoms with Gasteiger partial charge in [0.1, 0.15) is 0 Å². The monoisotopic (exact) mass is 208 g/mol. The summed E-state index contributed by atoms with van der Waals surface area (Å²) in [4.78, 5) is 11.4. The summed E-state index contributed by atoms with van der Waals surface area (Å²) in [7, 11) is 0. The van der Waals surface area contributed by atoms with Gasteiger partial charge in [-0.25, -0.2) is 4.79 Å². The Morgan fingerprint density at radius 2 is 2.13 bits per heavy atom. The van der Waals surface area contributed by atoms with Crippen LogP contribution in [0.5, 0.6) is 0 Å². The van der Waals surface area contributed by atoms with E-state index in [-0.39, 0.29) is 0 Å². The molecule has 1 aliphatic carbocycles. The van der Waals surface area contributed by atoms with Crippen LogP contribution in [-0.2, 0) is 10.3 Å². The molecular weight excluding hydrogens is 192 g/mol. The minimum atomic E-state index is -0.785. The maximum atomic E-state index is 11.4. The average Bonchev–Trinajstić information content (AvgIpc) is 2.66. The van der Waals surface area contributed by atoms with Crippen LogP contribution in [0.2, 0.25) is 0 Å². The zero-order valence-electron chi connectivity index (χ0n) is 8.94. The van der Waals surface area contributed by atoms with Crippen LogP contribution >= 0.6 is 0 Å². The molecule has 0 amide bonds. The summed E-state index contributed by atoms with van der Waals surface area (Å²) in [6.07, 6.45) is 8.04. The zero-order valence-corrected chi connectivity index (χ0v) is 8.94. The zero-order chi connectivity index (χ0) is 10.9. The second-order valence-corrected chi connectivity index (χ2v) is 4.36. The van der Waals surface area contributed by atoms with Crippen molar-refractivity contribution in [3.8, 4) is 0 Å². The van der Waals surface area contributed by atoms with Crippen LogP contribution in [0.3, 0.4) is 0 Å². The number of carboxylic acids is 1. The molecule has 4 nitrogen and oxygen atoms in total. The van der Waals surface area contributed by atoms with Crippen molar-refractivity contribution >= 4 is 5.97 Å². The van der Waals surface area contributed by atoms with Crippen LogP contribution in [0.4, 0.5) is 0 Å². The lowest BCUT2D eigenvalue weighted by atomic mass is 9.82. The van der Waals surface area contributed by atoms with E-state index in [1.54, 1.807) is 10.9 Å². The third-order valence-corrected chi connectivity index (χ3v) is 3.23. The fraction of sp³-hybridized carbons (Fsp3) is 0.636. The fourth-order valence-corrected chi connectivity index (χ4v) is 2.32. The summed E-state index contributed by atoms with van der Waals surface area (Å²) in [6.45, 7) is 1.93. The van der Waals surface area contributed by atoms with Crippen molar-refractivity contribution in [1.29, 1.82) is 0 Å². The second-order valence-electron chi connectivity index (χ2n) is 4.36. The van der Waals surface area contributed by atoms with Crippen molar-refractivity contribution in [2.45, 2.75) is 44.6 Å². The van der Waals surface area contributed by atoms with Gasteiger partial charge in [-0.05, 0) is 25.3 Å². The summed E-state index contributed by atoms with van der Waals surface area (Å²) < 4.78 is 1.64. The third-order valence-electron chi connectivity index (χ3n) is 3.23. The van der Waals surface area contributed by atoms with Crippen LogP contribution in [-0.4, -0.2) is 20.9 Å². The van der Waals surface area contributed by atoms with Crippen molar-refractivity contribution in [3.05, 3.63) is 18.0 Å². The summed E-state index contributed by atoms with van der Waals surface area (Å²) in [5.74, 6) is -0.745. The van der Waals surface area contributed by atoms with Crippen LogP contribution in [0, 0.1) is 6.92 Å². The third kappa shape index (κ3) is 1.64. The maximum Gasteiger partial charge on any atom is 0.331 e. The SMILES string of the molecule is Cc1cnn(C2(C(=O)O)CCCCC2)c1. The van der Waals surface area contributed by atoms with E-state index in [0.29, 0.717) is 12.8 Å². The minimum absolute atomic E-state index is 0.698. The molecule has 1 aromatic heterocycles. The Morgan fingerprint density at radius 1 is 1.47 bits per heavy atom. The van der Waals surface area contributed by atoms with Gasteiger partial charge in [0, 0.05) is 6.20 Å². The van der Waals surface area contributed by atoms with E-state index in [9.17, 15) is 9.90 Å². The number of carbonyl (C=O) groups is 1. The molecule has 4 heteroatoms. The Bertz CT molecular complexity index is 364. The molecule has 1 aromatic rings. The van der Waals surface area contributed by atoms with Gasteiger partial charge in [-0.15, -0.1) is 0 Å². The summed E-state index contributed by atoms with van der Waals surface area (Å²) in [5, 5.41) is 13.6. The molecule has 15 heavy (non-hydrogen) atoms. The number of aryl methyl sites for hydroxylation is 1. The smallest absolute Gasteiger partial charge is 0.331 e. The number of hydrogen-bond donors (Lipinski definition) is 1. The van der Waals surface area contributed by atoms with Gasteiger partial charge in [-0.3, -0.25) is 4.68 Å². The van der Waals surface area contributed by atoms with E-state index < -0.39 is 11.5 Å². The molecule has 0 saturated heterocycles. The van der Waals surface area contributed by atoms with Crippen molar-refractivity contribution in [1.82, 2.24) is 9.78 Å². The Labute approximate surface area is 88.9 Å². The first-order chi connectivity index (χ1) is 7.15. The Hall–Kier alpha value is -1.32. The molecule has 2 rings (SSSR count). The molecule has 0 unspecified atom stereocenters. The standard InChI is InChI=1S/C11H16N2O2/c1-9-7-12-13(8-9)11(10(14)15)5-3-2-4-6-11/h7-8H,2-6H2,1H3,(H,14,15). The van der Waals surface area contributed by atoms with Crippen molar-refractivity contribution in [2.75, 3.05) is 0 Å². The van der Waals surface area contributed by atoms with Gasteiger partial charge < -0.3 is 5.11 Å². The molecule has 0 bridgehead atoms. The van der Waals surface area contributed by atoms with Gasteiger partial charge in [0.2, 0.25) is 0 Å². The van der Waals surface area contributed by atoms with E-state index >= 15 is 0 Å². The lowest BCUT2D eigenvalue weighted by Gasteiger charge is -2.33. The molecule has 1 heterocycles. The van der Waals surface area contributed by atoms with E-state index in [1.165, 1.54) is 0 Å². The van der Waals surface area contributed by atoms with Gasteiger partial charge in [-0.2, -0.15) is 5.10 Å². The quantitative estimate of drug-likeness (QED) is 0.808. The Kier molecular flexibility index (Phi) is 2.50. The molecule has 1 aliphatic rings. The number of aromatic nitrogens is 2. The molecule has 0 spiro atoms. The van der Waals surface area contributed by atoms with Crippen LogP contribution in [0.15, 0.2) is 12.4 Å². The van der Waals surface area contributed by atoms with E-state index in [1.807, 2.05) is 13.1 Å². The molecule has 1 fully saturated rings. The van der Waals surface area contributed by atoms with Gasteiger partial charge in [0.25, 0.3) is 0 Å². The molecule has 0 aliphatic heterocycles. The first-order valence-corrected chi connectivity index (χ1v) is 5.40. The van der Waals surface area contributed by atoms with Gasteiger partial charge in [-0.1, -0.05) is 19.3 Å². The molecule has 0 radical (unpaired) electrons. The lowest BCUT2D eigenvalue weighted by Crippen LogP contribution is -2.43. The van der Waals surface area contributed by atoms with Crippen LogP contribution < -0.4 is 0 Å². The maximum absolute atomic E-state index is 11.4. The minimum Gasteiger partial charge on any atom is -0.479 e. The van der Waals surface area contributed by atoms with Crippen molar-refractivity contribution < 1.29 is 9.90 Å². The topological polar surface area (TPSA) is 55.1 Å². The largest absolute Gasteiger partial charge is 0.479 e. The highest BCUT2D eigenvalue weighted by molar-refractivity contribution is 5.76. The number of nitrogens with zero attached hydrogens (tertiary/aromatic N) is 2. The Morgan fingerprint density at radius 3 is 2.60 bits per heavy atom. The predicted molar refractivity (Wildman–Crippen MR) is 55.7 cm³/mol. The predicted octanol–water partition coefficient (Wildman–Crippen LogP) is 1.94. The first kappa shape index (κ1) is 10.2. The normalized spacial score (nSPS) is 20.1. The summed E-state index contributed by atoms with van der Waals surface area (Å²) >= 11 is 0. The highest BCUT2D eigenvalue weighted by Crippen LogP contribution is 2.34. The highest BCUT2D eigenvalue weighted by Gasteiger charge is 2.42. The Balaban J connectivity index is 2.37. The number of rotatable bonds is 2. The number of carboxylic acid groups (broad SMARTS) is 1. The van der Waals surface area contributed by atoms with Crippen molar-refractivity contribution in [2.24, 2.45) is 0 Å². The number of aliphatic carboxylic acids is 1. The lowest BCUT2D eigenvalue weighted by molar-refractivity contribution is -0.150. The molecule has 82 valence electrons. The van der Waals surface area contributed by atoms with E-state index in [0.717, 1.165) is 24.8 Å². The fourth-order valence-electron chi connectivity index (χ4n) is 2.32.